The third-order valence-electron chi connectivity index (χ3n) is 6.32. The SMILES string of the molecule is CS(=O)(=O)c1ccccc1-c1ccc(C2(NC(=O)c3ccc(F)cc3)CCOc3cccnc32)cc1. The minimum absolute atomic E-state index is 0.246. The van der Waals surface area contributed by atoms with Gasteiger partial charge in [-0.05, 0) is 53.6 Å². The van der Waals surface area contributed by atoms with Crippen LogP contribution in [0.5, 0.6) is 5.75 Å². The normalized spacial score (nSPS) is 17.1. The van der Waals surface area contributed by atoms with Crippen molar-refractivity contribution in [1.29, 1.82) is 0 Å². The van der Waals surface area contributed by atoms with Crippen LogP contribution in [0, 0.1) is 5.82 Å². The lowest BCUT2D eigenvalue weighted by Gasteiger charge is -2.39. The Morgan fingerprint density at radius 3 is 2.42 bits per heavy atom. The molecule has 1 atom stereocenters. The smallest absolute Gasteiger partial charge is 0.252 e. The predicted molar refractivity (Wildman–Crippen MR) is 134 cm³/mol. The van der Waals surface area contributed by atoms with E-state index in [1.807, 2.05) is 24.3 Å². The number of aromatic nitrogens is 1. The number of hydrogen-bond acceptors (Lipinski definition) is 5. The number of nitrogens with one attached hydrogen (secondary N) is 1. The van der Waals surface area contributed by atoms with Crippen molar-refractivity contribution in [2.75, 3.05) is 12.9 Å². The minimum Gasteiger partial charge on any atom is -0.491 e. The molecule has 1 aliphatic rings. The maximum absolute atomic E-state index is 13.4. The van der Waals surface area contributed by atoms with E-state index in [1.165, 1.54) is 30.5 Å². The minimum atomic E-state index is -3.42. The Morgan fingerprint density at radius 1 is 0.972 bits per heavy atom. The van der Waals surface area contributed by atoms with E-state index < -0.39 is 21.2 Å². The molecule has 2 heterocycles. The Kier molecular flexibility index (Phi) is 6.05. The highest BCUT2D eigenvalue weighted by Crippen LogP contribution is 2.41. The van der Waals surface area contributed by atoms with Crippen LogP contribution in [0.4, 0.5) is 4.39 Å². The third kappa shape index (κ3) is 4.35. The molecular formula is C28H23FN2O4S. The first-order valence-electron chi connectivity index (χ1n) is 11.3. The van der Waals surface area contributed by atoms with Gasteiger partial charge in [-0.25, -0.2) is 12.8 Å². The van der Waals surface area contributed by atoms with Gasteiger partial charge in [0, 0.05) is 30.0 Å². The summed E-state index contributed by atoms with van der Waals surface area (Å²) in [6, 6.07) is 23.2. The molecule has 0 radical (unpaired) electrons. The summed E-state index contributed by atoms with van der Waals surface area (Å²) in [5.74, 6) is -0.237. The Balaban J connectivity index is 1.60. The van der Waals surface area contributed by atoms with Gasteiger partial charge >= 0.3 is 0 Å². The molecule has 1 aliphatic heterocycles. The molecule has 6 nitrogen and oxygen atoms in total. The zero-order chi connectivity index (χ0) is 25.3. The fourth-order valence-electron chi connectivity index (χ4n) is 4.56. The van der Waals surface area contributed by atoms with Crippen LogP contribution in [-0.4, -0.2) is 32.2 Å². The average Bonchev–Trinajstić information content (AvgIpc) is 2.89. The maximum Gasteiger partial charge on any atom is 0.252 e. The van der Waals surface area contributed by atoms with Crippen LogP contribution in [-0.2, 0) is 15.4 Å². The predicted octanol–water partition coefficient (Wildman–Crippen LogP) is 4.75. The highest BCUT2D eigenvalue weighted by molar-refractivity contribution is 7.90. The summed E-state index contributed by atoms with van der Waals surface area (Å²) in [5.41, 5.74) is 1.97. The first kappa shape index (κ1) is 23.7. The fraction of sp³-hybridized carbons (Fsp3) is 0.143. The number of carbonyl (C=O) groups is 1. The van der Waals surface area contributed by atoms with Crippen LogP contribution in [0.15, 0.2) is 96.0 Å². The molecule has 1 amide bonds. The monoisotopic (exact) mass is 502 g/mol. The van der Waals surface area contributed by atoms with E-state index in [2.05, 4.69) is 10.3 Å². The Bertz CT molecular complexity index is 1540. The van der Waals surface area contributed by atoms with Crippen LogP contribution in [0.25, 0.3) is 11.1 Å². The van der Waals surface area contributed by atoms with Gasteiger partial charge in [-0.1, -0.05) is 42.5 Å². The second-order valence-electron chi connectivity index (χ2n) is 8.66. The summed E-state index contributed by atoms with van der Waals surface area (Å²) >= 11 is 0. The molecule has 0 aliphatic carbocycles. The molecular weight excluding hydrogens is 479 g/mol. The molecule has 0 fully saturated rings. The van der Waals surface area contributed by atoms with Gasteiger partial charge in [0.05, 0.1) is 11.5 Å². The Labute approximate surface area is 208 Å². The number of hydrogen-bond donors (Lipinski definition) is 1. The maximum atomic E-state index is 13.4. The van der Waals surface area contributed by atoms with E-state index in [9.17, 15) is 17.6 Å². The van der Waals surface area contributed by atoms with Crippen LogP contribution < -0.4 is 10.1 Å². The van der Waals surface area contributed by atoms with Gasteiger partial charge in [-0.3, -0.25) is 9.78 Å². The fourth-order valence-corrected chi connectivity index (χ4v) is 5.48. The highest BCUT2D eigenvalue weighted by Gasteiger charge is 2.42. The van der Waals surface area contributed by atoms with Gasteiger partial charge in [-0.2, -0.15) is 0 Å². The highest BCUT2D eigenvalue weighted by atomic mass is 32.2. The standard InChI is InChI=1S/C28H23FN2O4S/c1-36(33,34)25-7-3-2-5-23(25)19-8-12-21(13-9-19)28(16-18-35-24-6-4-17-30-26(24)28)31-27(32)20-10-14-22(29)15-11-20/h2-15,17H,16,18H2,1H3,(H,31,32). The summed E-state index contributed by atoms with van der Waals surface area (Å²) in [7, 11) is -3.42. The van der Waals surface area contributed by atoms with Crippen molar-refractivity contribution < 1.29 is 22.3 Å². The number of nitrogens with zero attached hydrogens (tertiary/aromatic N) is 1. The number of halogens is 1. The Hall–Kier alpha value is -4.04. The van der Waals surface area contributed by atoms with E-state index in [1.54, 1.807) is 42.6 Å². The van der Waals surface area contributed by atoms with Gasteiger partial charge in [0.1, 0.15) is 22.8 Å². The number of rotatable bonds is 5. The number of amides is 1. The van der Waals surface area contributed by atoms with Gasteiger partial charge in [0.25, 0.3) is 5.91 Å². The number of pyridine rings is 1. The van der Waals surface area contributed by atoms with Crippen molar-refractivity contribution in [3.63, 3.8) is 0 Å². The van der Waals surface area contributed by atoms with Gasteiger partial charge in [-0.15, -0.1) is 0 Å². The van der Waals surface area contributed by atoms with E-state index in [0.717, 1.165) is 11.1 Å². The molecule has 182 valence electrons. The first-order chi connectivity index (χ1) is 17.3. The molecule has 0 saturated carbocycles. The van der Waals surface area contributed by atoms with E-state index in [-0.39, 0.29) is 10.8 Å². The molecule has 3 aromatic carbocycles. The van der Waals surface area contributed by atoms with Crippen molar-refractivity contribution in [3.8, 4) is 16.9 Å². The Morgan fingerprint density at radius 2 is 1.69 bits per heavy atom. The number of carbonyl (C=O) groups excluding carboxylic acids is 1. The summed E-state index contributed by atoms with van der Waals surface area (Å²) in [6.07, 6.45) is 3.25. The summed E-state index contributed by atoms with van der Waals surface area (Å²) in [6.45, 7) is 0.348. The van der Waals surface area contributed by atoms with Gasteiger partial charge in [0.2, 0.25) is 0 Å². The van der Waals surface area contributed by atoms with Crippen LogP contribution >= 0.6 is 0 Å². The third-order valence-corrected chi connectivity index (χ3v) is 7.47. The van der Waals surface area contributed by atoms with Crippen molar-refractivity contribution >= 4 is 15.7 Å². The molecule has 1 N–H and O–H groups in total. The number of sulfone groups is 1. The molecule has 0 bridgehead atoms. The zero-order valence-electron chi connectivity index (χ0n) is 19.4. The second-order valence-corrected chi connectivity index (χ2v) is 10.6. The van der Waals surface area contributed by atoms with Crippen molar-refractivity contribution in [2.24, 2.45) is 0 Å². The summed E-state index contributed by atoms with van der Waals surface area (Å²) < 4.78 is 43.9. The van der Waals surface area contributed by atoms with Crippen LogP contribution in [0.3, 0.4) is 0 Å². The van der Waals surface area contributed by atoms with Crippen molar-refractivity contribution in [2.45, 2.75) is 16.9 Å². The van der Waals surface area contributed by atoms with Crippen molar-refractivity contribution in [3.05, 3.63) is 114 Å². The molecule has 8 heteroatoms. The lowest BCUT2D eigenvalue weighted by atomic mass is 9.80. The summed E-state index contributed by atoms with van der Waals surface area (Å²) in [5, 5.41) is 3.14. The quantitative estimate of drug-likeness (QED) is 0.426. The largest absolute Gasteiger partial charge is 0.491 e. The lowest BCUT2D eigenvalue weighted by molar-refractivity contribution is 0.0883. The molecule has 0 spiro atoms. The number of ether oxygens (including phenoxy) is 1. The lowest BCUT2D eigenvalue weighted by Crippen LogP contribution is -2.50. The molecule has 1 aromatic heterocycles. The molecule has 1 unspecified atom stereocenters. The topological polar surface area (TPSA) is 85.4 Å². The van der Waals surface area contributed by atoms with Crippen LogP contribution in [0.2, 0.25) is 0 Å². The van der Waals surface area contributed by atoms with Gasteiger partial charge in [0.15, 0.2) is 9.84 Å². The first-order valence-corrected chi connectivity index (χ1v) is 13.2. The van der Waals surface area contributed by atoms with Crippen LogP contribution in [0.1, 0.15) is 28.0 Å². The van der Waals surface area contributed by atoms with Crippen molar-refractivity contribution in [1.82, 2.24) is 10.3 Å². The van der Waals surface area contributed by atoms with Gasteiger partial charge < -0.3 is 10.1 Å². The van der Waals surface area contributed by atoms with E-state index >= 15 is 0 Å². The summed E-state index contributed by atoms with van der Waals surface area (Å²) in [4.78, 5) is 18.1. The number of fused-ring (bicyclic) bond motifs is 1. The number of benzene rings is 3. The molecule has 4 aromatic rings. The molecule has 36 heavy (non-hydrogen) atoms. The van der Waals surface area contributed by atoms with E-state index in [0.29, 0.717) is 35.6 Å². The molecule has 5 rings (SSSR count). The average molecular weight is 503 g/mol. The zero-order valence-corrected chi connectivity index (χ0v) is 20.3. The van der Waals surface area contributed by atoms with E-state index in [4.69, 9.17) is 4.74 Å². The second kappa shape index (κ2) is 9.20. The molecule has 0 saturated heterocycles.